The third-order valence-electron chi connectivity index (χ3n) is 3.50. The van der Waals surface area contributed by atoms with Gasteiger partial charge in [-0.3, -0.25) is 9.59 Å². The number of hydrogen-bond donors (Lipinski definition) is 2. The van der Waals surface area contributed by atoms with Crippen LogP contribution in [-0.2, 0) is 17.6 Å². The first-order chi connectivity index (χ1) is 10.2. The van der Waals surface area contributed by atoms with E-state index in [2.05, 4.69) is 10.6 Å². The molecule has 0 unspecified atom stereocenters. The van der Waals surface area contributed by atoms with Crippen molar-refractivity contribution in [3.63, 3.8) is 0 Å². The molecule has 0 atom stereocenters. The number of benzene rings is 1. The molecule has 5 heteroatoms. The van der Waals surface area contributed by atoms with Gasteiger partial charge in [0.05, 0.1) is 6.26 Å². The SMILES string of the molecule is O=C1CCc2cc(C(=O)NCCc3ccco3)ccc2N1. The van der Waals surface area contributed by atoms with Crippen LogP contribution in [0.2, 0.25) is 0 Å². The summed E-state index contributed by atoms with van der Waals surface area (Å²) in [5.41, 5.74) is 2.43. The zero-order chi connectivity index (χ0) is 14.7. The number of carbonyl (C=O) groups excluding carboxylic acids is 2. The maximum atomic E-state index is 12.1. The Hall–Kier alpha value is -2.56. The Balaban J connectivity index is 1.61. The Labute approximate surface area is 122 Å². The summed E-state index contributed by atoms with van der Waals surface area (Å²) in [6.07, 6.45) is 3.43. The molecule has 0 spiro atoms. The number of hydrogen-bond acceptors (Lipinski definition) is 3. The van der Waals surface area contributed by atoms with E-state index in [9.17, 15) is 9.59 Å². The fourth-order valence-electron chi connectivity index (χ4n) is 2.38. The fraction of sp³-hybridized carbons (Fsp3) is 0.250. The highest BCUT2D eigenvalue weighted by atomic mass is 16.3. The van der Waals surface area contributed by atoms with Crippen LogP contribution in [0.4, 0.5) is 5.69 Å². The minimum absolute atomic E-state index is 0.0261. The molecule has 3 rings (SSSR count). The molecule has 5 nitrogen and oxygen atoms in total. The molecule has 1 aliphatic rings. The maximum Gasteiger partial charge on any atom is 0.251 e. The van der Waals surface area contributed by atoms with Crippen LogP contribution < -0.4 is 10.6 Å². The van der Waals surface area contributed by atoms with E-state index in [1.807, 2.05) is 18.2 Å². The predicted octanol–water partition coefficient (Wildman–Crippen LogP) is 2.14. The molecule has 0 bridgehead atoms. The number of anilines is 1. The van der Waals surface area contributed by atoms with E-state index >= 15 is 0 Å². The summed E-state index contributed by atoms with van der Waals surface area (Å²) >= 11 is 0. The molecule has 0 radical (unpaired) electrons. The molecule has 0 saturated heterocycles. The van der Waals surface area contributed by atoms with Gasteiger partial charge in [0.2, 0.25) is 5.91 Å². The Bertz CT molecular complexity index is 662. The zero-order valence-electron chi connectivity index (χ0n) is 11.5. The monoisotopic (exact) mass is 284 g/mol. The predicted molar refractivity (Wildman–Crippen MR) is 78.1 cm³/mol. The lowest BCUT2D eigenvalue weighted by Crippen LogP contribution is -2.26. The summed E-state index contributed by atoms with van der Waals surface area (Å²) in [5, 5.41) is 5.67. The Morgan fingerprint density at radius 1 is 1.29 bits per heavy atom. The van der Waals surface area contributed by atoms with Crippen molar-refractivity contribution in [3.8, 4) is 0 Å². The first-order valence-corrected chi connectivity index (χ1v) is 6.96. The number of carbonyl (C=O) groups is 2. The average molecular weight is 284 g/mol. The normalized spacial score (nSPS) is 13.4. The molecular formula is C16H16N2O3. The van der Waals surface area contributed by atoms with E-state index in [0.29, 0.717) is 31.4 Å². The van der Waals surface area contributed by atoms with Crippen molar-refractivity contribution in [2.75, 3.05) is 11.9 Å². The van der Waals surface area contributed by atoms with Gasteiger partial charge < -0.3 is 15.1 Å². The fourth-order valence-corrected chi connectivity index (χ4v) is 2.38. The molecule has 1 aliphatic heterocycles. The van der Waals surface area contributed by atoms with Crippen molar-refractivity contribution in [3.05, 3.63) is 53.5 Å². The van der Waals surface area contributed by atoms with Gasteiger partial charge in [-0.1, -0.05) is 0 Å². The van der Waals surface area contributed by atoms with Crippen LogP contribution >= 0.6 is 0 Å². The van der Waals surface area contributed by atoms with Gasteiger partial charge in [0.15, 0.2) is 0 Å². The second-order valence-corrected chi connectivity index (χ2v) is 5.01. The highest BCUT2D eigenvalue weighted by Gasteiger charge is 2.16. The molecule has 2 heterocycles. The van der Waals surface area contributed by atoms with Crippen molar-refractivity contribution < 1.29 is 14.0 Å². The Morgan fingerprint density at radius 3 is 3.00 bits per heavy atom. The number of rotatable bonds is 4. The molecule has 1 aromatic heterocycles. The first-order valence-electron chi connectivity index (χ1n) is 6.96. The quantitative estimate of drug-likeness (QED) is 0.903. The lowest BCUT2D eigenvalue weighted by molar-refractivity contribution is -0.116. The van der Waals surface area contributed by atoms with Crippen LogP contribution in [0, 0.1) is 0 Å². The van der Waals surface area contributed by atoms with Crippen molar-refractivity contribution in [1.29, 1.82) is 0 Å². The molecule has 21 heavy (non-hydrogen) atoms. The molecule has 1 aromatic carbocycles. The largest absolute Gasteiger partial charge is 0.469 e. The van der Waals surface area contributed by atoms with E-state index < -0.39 is 0 Å². The van der Waals surface area contributed by atoms with Gasteiger partial charge in [0, 0.05) is 30.6 Å². The topological polar surface area (TPSA) is 71.3 Å². The Kier molecular flexibility index (Phi) is 3.73. The lowest BCUT2D eigenvalue weighted by Gasteiger charge is -2.17. The van der Waals surface area contributed by atoms with E-state index in [1.54, 1.807) is 18.4 Å². The summed E-state index contributed by atoms with van der Waals surface area (Å²) < 4.78 is 5.21. The molecule has 2 N–H and O–H groups in total. The highest BCUT2D eigenvalue weighted by molar-refractivity contribution is 5.97. The minimum atomic E-state index is -0.110. The van der Waals surface area contributed by atoms with Crippen LogP contribution in [0.5, 0.6) is 0 Å². The minimum Gasteiger partial charge on any atom is -0.469 e. The van der Waals surface area contributed by atoms with Gasteiger partial charge in [-0.25, -0.2) is 0 Å². The number of amides is 2. The van der Waals surface area contributed by atoms with Gasteiger partial charge in [-0.15, -0.1) is 0 Å². The molecule has 2 aromatic rings. The van der Waals surface area contributed by atoms with Crippen LogP contribution in [0.15, 0.2) is 41.0 Å². The van der Waals surface area contributed by atoms with E-state index in [0.717, 1.165) is 17.0 Å². The summed E-state index contributed by atoms with van der Waals surface area (Å²) in [4.78, 5) is 23.4. The van der Waals surface area contributed by atoms with E-state index in [4.69, 9.17) is 4.42 Å². The molecule has 0 aliphatic carbocycles. The first kappa shape index (κ1) is 13.4. The van der Waals surface area contributed by atoms with Crippen molar-refractivity contribution in [1.82, 2.24) is 5.32 Å². The van der Waals surface area contributed by atoms with E-state index in [1.165, 1.54) is 0 Å². The third kappa shape index (κ3) is 3.13. The van der Waals surface area contributed by atoms with Crippen molar-refractivity contribution in [2.24, 2.45) is 0 Å². The number of aryl methyl sites for hydroxylation is 1. The summed E-state index contributed by atoms with van der Waals surface area (Å²) in [5.74, 6) is 0.767. The van der Waals surface area contributed by atoms with E-state index in [-0.39, 0.29) is 11.8 Å². The molecular weight excluding hydrogens is 268 g/mol. The third-order valence-corrected chi connectivity index (χ3v) is 3.50. The highest BCUT2D eigenvalue weighted by Crippen LogP contribution is 2.23. The van der Waals surface area contributed by atoms with Gasteiger partial charge >= 0.3 is 0 Å². The summed E-state index contributed by atoms with van der Waals surface area (Å²) in [7, 11) is 0. The van der Waals surface area contributed by atoms with Gasteiger partial charge in [-0.2, -0.15) is 0 Å². The van der Waals surface area contributed by atoms with Crippen LogP contribution in [0.25, 0.3) is 0 Å². The number of fused-ring (bicyclic) bond motifs is 1. The van der Waals surface area contributed by atoms with Crippen LogP contribution in [0.1, 0.15) is 28.1 Å². The second-order valence-electron chi connectivity index (χ2n) is 5.01. The van der Waals surface area contributed by atoms with Gasteiger partial charge in [0.1, 0.15) is 5.76 Å². The zero-order valence-corrected chi connectivity index (χ0v) is 11.5. The van der Waals surface area contributed by atoms with Gasteiger partial charge in [0.25, 0.3) is 5.91 Å². The molecule has 2 amide bonds. The summed E-state index contributed by atoms with van der Waals surface area (Å²) in [6.45, 7) is 0.528. The summed E-state index contributed by atoms with van der Waals surface area (Å²) in [6, 6.07) is 9.07. The second kappa shape index (κ2) is 5.83. The van der Waals surface area contributed by atoms with Crippen LogP contribution in [-0.4, -0.2) is 18.4 Å². The number of furan rings is 1. The molecule has 0 saturated carbocycles. The van der Waals surface area contributed by atoms with Crippen molar-refractivity contribution >= 4 is 17.5 Å². The van der Waals surface area contributed by atoms with Crippen molar-refractivity contribution in [2.45, 2.75) is 19.3 Å². The molecule has 108 valence electrons. The smallest absolute Gasteiger partial charge is 0.251 e. The maximum absolute atomic E-state index is 12.1. The lowest BCUT2D eigenvalue weighted by atomic mass is 10.00. The number of nitrogens with one attached hydrogen (secondary N) is 2. The van der Waals surface area contributed by atoms with Gasteiger partial charge in [-0.05, 0) is 42.3 Å². The standard InChI is InChI=1S/C16H16N2O3/c19-15-6-4-11-10-12(3-5-14(11)18-15)16(20)17-8-7-13-2-1-9-21-13/h1-3,5,9-10H,4,6-8H2,(H,17,20)(H,18,19). The Morgan fingerprint density at radius 2 is 2.19 bits per heavy atom. The average Bonchev–Trinajstić information content (AvgIpc) is 3.00. The molecule has 0 fully saturated rings. The van der Waals surface area contributed by atoms with Crippen LogP contribution in [0.3, 0.4) is 0 Å².